The average Bonchev–Trinajstić information content (AvgIpc) is 2.89. The van der Waals surface area contributed by atoms with Crippen LogP contribution in [0.25, 0.3) is 0 Å². The van der Waals surface area contributed by atoms with Gasteiger partial charge in [0.2, 0.25) is 0 Å². The molecule has 0 unspecified atom stereocenters. The van der Waals surface area contributed by atoms with Crippen molar-refractivity contribution in [2.45, 2.75) is 95.8 Å². The zero-order valence-electron chi connectivity index (χ0n) is 21.7. The molecule has 2 aromatic rings. The van der Waals surface area contributed by atoms with Gasteiger partial charge in [-0.25, -0.2) is 13.2 Å². The predicted molar refractivity (Wildman–Crippen MR) is 141 cm³/mol. The van der Waals surface area contributed by atoms with Crippen molar-refractivity contribution >= 4 is 0 Å². The van der Waals surface area contributed by atoms with E-state index in [-0.39, 0.29) is 11.7 Å². The molecule has 2 aliphatic carbocycles. The minimum Gasteiger partial charge on any atom is -0.491 e. The van der Waals surface area contributed by atoms with Crippen LogP contribution in [0.4, 0.5) is 13.2 Å². The summed E-state index contributed by atoms with van der Waals surface area (Å²) < 4.78 is 49.9. The lowest BCUT2D eigenvalue weighted by Crippen LogP contribution is -2.15. The first kappa shape index (κ1) is 26.8. The van der Waals surface area contributed by atoms with Crippen LogP contribution in [0.2, 0.25) is 0 Å². The number of halogens is 3. The molecule has 2 fully saturated rings. The molecular formula is C32H41F3O. The van der Waals surface area contributed by atoms with Crippen LogP contribution in [0.15, 0.2) is 43.0 Å². The number of allylic oxidation sites excluding steroid dienone is 1. The zero-order chi connectivity index (χ0) is 25.5. The van der Waals surface area contributed by atoms with E-state index in [1.807, 2.05) is 24.3 Å². The van der Waals surface area contributed by atoms with Gasteiger partial charge in [-0.1, -0.05) is 44.0 Å². The van der Waals surface area contributed by atoms with Crippen LogP contribution in [-0.2, 0) is 6.42 Å². The molecule has 2 saturated carbocycles. The van der Waals surface area contributed by atoms with Crippen LogP contribution >= 0.6 is 0 Å². The summed E-state index contributed by atoms with van der Waals surface area (Å²) in [5, 5.41) is 0. The summed E-state index contributed by atoms with van der Waals surface area (Å²) >= 11 is 0. The van der Waals surface area contributed by atoms with Gasteiger partial charge >= 0.3 is 0 Å². The second-order valence-electron chi connectivity index (χ2n) is 11.1. The topological polar surface area (TPSA) is 9.23 Å². The van der Waals surface area contributed by atoms with Gasteiger partial charge < -0.3 is 4.74 Å². The van der Waals surface area contributed by atoms with Crippen LogP contribution in [0.3, 0.4) is 0 Å². The Bertz CT molecular complexity index is 1000. The Labute approximate surface area is 215 Å². The van der Waals surface area contributed by atoms with E-state index in [1.54, 1.807) is 12.1 Å². The largest absolute Gasteiger partial charge is 0.491 e. The lowest BCUT2D eigenvalue weighted by atomic mass is 9.76. The van der Waals surface area contributed by atoms with E-state index in [2.05, 4.69) is 13.5 Å². The summed E-state index contributed by atoms with van der Waals surface area (Å²) in [5.74, 6) is 0.452. The maximum atomic E-state index is 14.9. The van der Waals surface area contributed by atoms with Gasteiger partial charge in [-0.3, -0.25) is 0 Å². The second-order valence-corrected chi connectivity index (χ2v) is 11.1. The van der Waals surface area contributed by atoms with Gasteiger partial charge in [0.1, 0.15) is 0 Å². The first-order valence-corrected chi connectivity index (χ1v) is 14.0. The third kappa shape index (κ3) is 6.75. The number of rotatable bonds is 10. The average molecular weight is 499 g/mol. The van der Waals surface area contributed by atoms with Crippen molar-refractivity contribution in [3.05, 3.63) is 77.1 Å². The van der Waals surface area contributed by atoms with Crippen molar-refractivity contribution < 1.29 is 17.9 Å². The highest BCUT2D eigenvalue weighted by atomic mass is 19.2. The van der Waals surface area contributed by atoms with Crippen molar-refractivity contribution in [2.24, 2.45) is 11.8 Å². The third-order valence-electron chi connectivity index (χ3n) is 8.55. The monoisotopic (exact) mass is 498 g/mol. The smallest absolute Gasteiger partial charge is 0.165 e. The second kappa shape index (κ2) is 12.8. The van der Waals surface area contributed by atoms with Gasteiger partial charge in [0.15, 0.2) is 23.2 Å². The number of hydrogen-bond donors (Lipinski definition) is 0. The van der Waals surface area contributed by atoms with Gasteiger partial charge in [-0.05, 0) is 117 Å². The summed E-state index contributed by atoms with van der Waals surface area (Å²) in [4.78, 5) is 0. The minimum atomic E-state index is -0.637. The van der Waals surface area contributed by atoms with Crippen LogP contribution in [0.1, 0.15) is 106 Å². The lowest BCUT2D eigenvalue weighted by molar-refractivity contribution is 0.294. The zero-order valence-corrected chi connectivity index (χ0v) is 21.7. The van der Waals surface area contributed by atoms with Crippen molar-refractivity contribution in [3.8, 4) is 5.75 Å². The highest BCUT2D eigenvalue weighted by Crippen LogP contribution is 2.40. The Balaban J connectivity index is 1.26. The highest BCUT2D eigenvalue weighted by Gasteiger charge is 2.26. The Morgan fingerprint density at radius 3 is 2.31 bits per heavy atom. The van der Waals surface area contributed by atoms with Gasteiger partial charge in [0, 0.05) is 0 Å². The van der Waals surface area contributed by atoms with Crippen LogP contribution < -0.4 is 4.74 Å². The van der Waals surface area contributed by atoms with Gasteiger partial charge in [-0.2, -0.15) is 0 Å². The quantitative estimate of drug-likeness (QED) is 0.234. The van der Waals surface area contributed by atoms with E-state index in [1.165, 1.54) is 0 Å². The molecular weight excluding hydrogens is 457 g/mol. The van der Waals surface area contributed by atoms with E-state index in [9.17, 15) is 13.2 Å². The van der Waals surface area contributed by atoms with Crippen molar-refractivity contribution in [1.29, 1.82) is 0 Å². The van der Waals surface area contributed by atoms with Crippen LogP contribution in [0, 0.1) is 29.3 Å². The summed E-state index contributed by atoms with van der Waals surface area (Å²) in [7, 11) is 0. The van der Waals surface area contributed by atoms with E-state index < -0.39 is 11.6 Å². The highest BCUT2D eigenvalue weighted by molar-refractivity contribution is 5.32. The Morgan fingerprint density at radius 2 is 1.61 bits per heavy atom. The molecule has 0 bridgehead atoms. The number of ether oxygens (including phenoxy) is 1. The third-order valence-corrected chi connectivity index (χ3v) is 8.55. The first-order chi connectivity index (χ1) is 17.5. The molecule has 0 aromatic heterocycles. The van der Waals surface area contributed by atoms with Crippen LogP contribution in [-0.4, -0.2) is 6.61 Å². The SMILES string of the molecule is C=CCCCOc1ccc(C2CCC(CCc3ccc(C4CCC(C)CC4)c(F)c3F)CC2)cc1F. The molecule has 4 rings (SSSR count). The van der Waals surface area contributed by atoms with Crippen molar-refractivity contribution in [2.75, 3.05) is 6.61 Å². The van der Waals surface area contributed by atoms with Gasteiger partial charge in [0.05, 0.1) is 6.61 Å². The molecule has 196 valence electrons. The summed E-state index contributed by atoms with van der Waals surface area (Å²) in [5.41, 5.74) is 2.11. The molecule has 0 heterocycles. The normalized spacial score (nSPS) is 24.4. The minimum absolute atomic E-state index is 0.155. The molecule has 0 radical (unpaired) electrons. The van der Waals surface area contributed by atoms with Gasteiger partial charge in [-0.15, -0.1) is 6.58 Å². The molecule has 0 spiro atoms. The Morgan fingerprint density at radius 1 is 0.889 bits per heavy atom. The standard InChI is InChI=1S/C32H41F3O/c1-3-4-5-20-36-30-19-17-27(21-29(30)33)24-13-8-23(9-14-24)10-15-26-16-18-28(32(35)31(26)34)25-11-6-22(2)7-12-25/h3,16-19,21-25H,1,4-15,20H2,2H3. The summed E-state index contributed by atoms with van der Waals surface area (Å²) in [6.45, 7) is 6.41. The summed E-state index contributed by atoms with van der Waals surface area (Å²) in [6.07, 6.45) is 13.1. The van der Waals surface area contributed by atoms with Crippen LogP contribution in [0.5, 0.6) is 5.75 Å². The molecule has 0 N–H and O–H groups in total. The fourth-order valence-electron chi connectivity index (χ4n) is 6.13. The molecule has 1 nitrogen and oxygen atoms in total. The fourth-order valence-corrected chi connectivity index (χ4v) is 6.13. The predicted octanol–water partition coefficient (Wildman–Crippen LogP) is 9.65. The Kier molecular flexibility index (Phi) is 9.56. The number of aryl methyl sites for hydroxylation is 1. The van der Waals surface area contributed by atoms with E-state index in [0.717, 1.165) is 76.2 Å². The maximum Gasteiger partial charge on any atom is 0.165 e. The molecule has 0 saturated heterocycles. The number of benzene rings is 2. The molecule has 36 heavy (non-hydrogen) atoms. The van der Waals surface area contributed by atoms with Gasteiger partial charge in [0.25, 0.3) is 0 Å². The maximum absolute atomic E-state index is 14.9. The Hall–Kier alpha value is -2.23. The van der Waals surface area contributed by atoms with Crippen molar-refractivity contribution in [3.63, 3.8) is 0 Å². The molecule has 0 atom stereocenters. The van der Waals surface area contributed by atoms with E-state index in [0.29, 0.717) is 47.7 Å². The summed E-state index contributed by atoms with van der Waals surface area (Å²) in [6, 6.07) is 9.03. The first-order valence-electron chi connectivity index (χ1n) is 14.0. The number of hydrogen-bond acceptors (Lipinski definition) is 1. The molecule has 4 heteroatoms. The van der Waals surface area contributed by atoms with E-state index >= 15 is 0 Å². The lowest BCUT2D eigenvalue weighted by Gasteiger charge is -2.29. The number of unbranched alkanes of at least 4 members (excludes halogenated alkanes) is 1. The fraction of sp³-hybridized carbons (Fsp3) is 0.562. The van der Waals surface area contributed by atoms with Crippen molar-refractivity contribution in [1.82, 2.24) is 0 Å². The molecule has 0 amide bonds. The van der Waals surface area contributed by atoms with E-state index in [4.69, 9.17) is 4.74 Å². The molecule has 2 aromatic carbocycles. The molecule has 2 aliphatic rings. The molecule has 0 aliphatic heterocycles.